The molecule has 1 aliphatic heterocycles. The number of fused-ring (bicyclic) bond motifs is 1. The van der Waals surface area contributed by atoms with Gasteiger partial charge in [0.05, 0.1) is 6.61 Å². The van der Waals surface area contributed by atoms with E-state index in [1.54, 1.807) is 0 Å². The van der Waals surface area contributed by atoms with Crippen LogP contribution < -0.4 is 4.74 Å². The van der Waals surface area contributed by atoms with Crippen LogP contribution >= 0.6 is 11.6 Å². The van der Waals surface area contributed by atoms with Gasteiger partial charge in [-0.15, -0.1) is 11.6 Å². The molecule has 1 aromatic carbocycles. The molecule has 0 saturated heterocycles. The molecule has 0 amide bonds. The maximum Gasteiger partial charge on any atom is 0.122 e. The smallest absolute Gasteiger partial charge is 0.122 e. The third kappa shape index (κ3) is 3.16. The zero-order valence-electron chi connectivity index (χ0n) is 10.9. The molecule has 94 valence electrons. The average Bonchev–Trinajstić information content (AvgIpc) is 2.59. The Kier molecular flexibility index (Phi) is 3.67. The molecule has 0 saturated carbocycles. The lowest BCUT2D eigenvalue weighted by Gasteiger charge is -2.28. The Labute approximate surface area is 109 Å². The maximum absolute atomic E-state index is 6.12. The van der Waals surface area contributed by atoms with Crippen molar-refractivity contribution in [3.63, 3.8) is 0 Å². The monoisotopic (exact) mass is 252 g/mol. The molecule has 0 radical (unpaired) electrons. The van der Waals surface area contributed by atoms with Crippen molar-refractivity contribution in [2.45, 2.75) is 44.9 Å². The third-order valence-electron chi connectivity index (χ3n) is 3.43. The van der Waals surface area contributed by atoms with Crippen LogP contribution in [0.3, 0.4) is 0 Å². The third-order valence-corrected chi connectivity index (χ3v) is 3.59. The zero-order chi connectivity index (χ0) is 12.5. The number of benzene rings is 1. The summed E-state index contributed by atoms with van der Waals surface area (Å²) in [4.78, 5) is 0. The Morgan fingerprint density at radius 2 is 2.12 bits per heavy atom. The number of ether oxygens (including phenoxy) is 1. The normalized spacial score (nSPS) is 20.8. The fourth-order valence-corrected chi connectivity index (χ4v) is 3.33. The molecule has 2 heteroatoms. The summed E-state index contributed by atoms with van der Waals surface area (Å²) in [5.74, 6) is 1.59. The van der Waals surface area contributed by atoms with Crippen LogP contribution in [-0.4, -0.2) is 12.0 Å². The van der Waals surface area contributed by atoms with Crippen LogP contribution in [0.4, 0.5) is 0 Å². The molecule has 1 aliphatic rings. The van der Waals surface area contributed by atoms with E-state index in [4.69, 9.17) is 16.3 Å². The van der Waals surface area contributed by atoms with Crippen molar-refractivity contribution in [1.29, 1.82) is 0 Å². The number of alkyl halides is 1. The molecule has 2 rings (SSSR count). The number of rotatable bonds is 4. The Bertz CT molecular complexity index is 384. The minimum Gasteiger partial charge on any atom is -0.493 e. The van der Waals surface area contributed by atoms with E-state index in [0.717, 1.165) is 25.2 Å². The maximum atomic E-state index is 6.12. The van der Waals surface area contributed by atoms with E-state index >= 15 is 0 Å². The molecule has 2 unspecified atom stereocenters. The summed E-state index contributed by atoms with van der Waals surface area (Å²) in [6.45, 7) is 7.49. The molecule has 0 spiro atoms. The lowest BCUT2D eigenvalue weighted by molar-refractivity contribution is 0.246. The van der Waals surface area contributed by atoms with Gasteiger partial charge in [-0.3, -0.25) is 0 Å². The Morgan fingerprint density at radius 1 is 1.41 bits per heavy atom. The highest BCUT2D eigenvalue weighted by atomic mass is 35.5. The SMILES string of the molecule is CC(Cl)CC(C)(C)CC1COc2ccccc21. The van der Waals surface area contributed by atoms with Gasteiger partial charge < -0.3 is 4.74 Å². The number of hydrogen-bond acceptors (Lipinski definition) is 1. The largest absolute Gasteiger partial charge is 0.493 e. The molecular formula is C15H21ClO. The van der Waals surface area contributed by atoms with Crippen LogP contribution in [0.25, 0.3) is 0 Å². The topological polar surface area (TPSA) is 9.23 Å². The van der Waals surface area contributed by atoms with Crippen molar-refractivity contribution >= 4 is 11.6 Å². The number of hydrogen-bond donors (Lipinski definition) is 0. The first-order chi connectivity index (χ1) is 7.98. The fourth-order valence-electron chi connectivity index (χ4n) is 2.91. The first kappa shape index (κ1) is 12.8. The summed E-state index contributed by atoms with van der Waals surface area (Å²) in [6, 6.07) is 8.38. The van der Waals surface area contributed by atoms with Crippen molar-refractivity contribution in [3.8, 4) is 5.75 Å². The van der Waals surface area contributed by atoms with Gasteiger partial charge in [-0.2, -0.15) is 0 Å². The van der Waals surface area contributed by atoms with Gasteiger partial charge in [0.15, 0.2) is 0 Å². The second-order valence-corrected chi connectivity index (χ2v) is 6.64. The first-order valence-electron chi connectivity index (χ1n) is 6.34. The van der Waals surface area contributed by atoms with E-state index in [9.17, 15) is 0 Å². The summed E-state index contributed by atoms with van der Waals surface area (Å²) in [5, 5.41) is 0.238. The lowest BCUT2D eigenvalue weighted by Crippen LogP contribution is -2.20. The summed E-state index contributed by atoms with van der Waals surface area (Å²) >= 11 is 6.12. The lowest BCUT2D eigenvalue weighted by atomic mass is 9.78. The van der Waals surface area contributed by atoms with Gasteiger partial charge in [-0.05, 0) is 31.2 Å². The molecule has 2 atom stereocenters. The van der Waals surface area contributed by atoms with Gasteiger partial charge in [0.2, 0.25) is 0 Å². The highest BCUT2D eigenvalue weighted by Gasteiger charge is 2.30. The summed E-state index contributed by atoms with van der Waals surface area (Å²) in [5.41, 5.74) is 1.63. The van der Waals surface area contributed by atoms with Gasteiger partial charge in [-0.1, -0.05) is 32.0 Å². The molecule has 0 fully saturated rings. The predicted molar refractivity (Wildman–Crippen MR) is 73.0 cm³/mol. The highest BCUT2D eigenvalue weighted by molar-refractivity contribution is 6.20. The molecule has 1 nitrogen and oxygen atoms in total. The highest BCUT2D eigenvalue weighted by Crippen LogP contribution is 2.42. The van der Waals surface area contributed by atoms with Gasteiger partial charge in [0, 0.05) is 16.9 Å². The second kappa shape index (κ2) is 4.89. The summed E-state index contributed by atoms with van der Waals surface area (Å²) < 4.78 is 5.73. The van der Waals surface area contributed by atoms with E-state index in [1.807, 2.05) is 6.07 Å². The molecular weight excluding hydrogens is 232 g/mol. The first-order valence-corrected chi connectivity index (χ1v) is 6.77. The Balaban J connectivity index is 2.06. The number of para-hydroxylation sites is 1. The van der Waals surface area contributed by atoms with Crippen LogP contribution in [0.1, 0.15) is 45.1 Å². The standard InChI is InChI=1S/C15H21ClO/c1-11(16)8-15(2,3)9-12-10-17-14-7-5-4-6-13(12)14/h4-7,11-12H,8-10H2,1-3H3. The summed E-state index contributed by atoms with van der Waals surface area (Å²) in [7, 11) is 0. The van der Waals surface area contributed by atoms with E-state index in [0.29, 0.717) is 5.92 Å². The molecule has 0 aromatic heterocycles. The summed E-state index contributed by atoms with van der Waals surface area (Å²) in [6.07, 6.45) is 2.19. The van der Waals surface area contributed by atoms with Gasteiger partial charge in [0.1, 0.15) is 5.75 Å². The van der Waals surface area contributed by atoms with Crippen molar-refractivity contribution in [2.24, 2.45) is 5.41 Å². The van der Waals surface area contributed by atoms with E-state index < -0.39 is 0 Å². The van der Waals surface area contributed by atoms with Gasteiger partial charge in [0.25, 0.3) is 0 Å². The van der Waals surface area contributed by atoms with Crippen molar-refractivity contribution in [1.82, 2.24) is 0 Å². The molecule has 0 N–H and O–H groups in total. The molecule has 0 bridgehead atoms. The van der Waals surface area contributed by atoms with Crippen LogP contribution in [0.15, 0.2) is 24.3 Å². The second-order valence-electron chi connectivity index (χ2n) is 5.90. The quantitative estimate of drug-likeness (QED) is 0.712. The fraction of sp³-hybridized carbons (Fsp3) is 0.600. The zero-order valence-corrected chi connectivity index (χ0v) is 11.6. The van der Waals surface area contributed by atoms with Crippen molar-refractivity contribution < 1.29 is 4.74 Å². The average molecular weight is 253 g/mol. The number of halogens is 1. The molecule has 1 heterocycles. The van der Waals surface area contributed by atoms with Crippen LogP contribution in [0.2, 0.25) is 0 Å². The van der Waals surface area contributed by atoms with Gasteiger partial charge in [-0.25, -0.2) is 0 Å². The van der Waals surface area contributed by atoms with E-state index in [1.165, 1.54) is 5.56 Å². The Hall–Kier alpha value is -0.690. The minimum absolute atomic E-state index is 0.238. The van der Waals surface area contributed by atoms with Crippen molar-refractivity contribution in [2.75, 3.05) is 6.61 Å². The molecule has 17 heavy (non-hydrogen) atoms. The molecule has 1 aromatic rings. The van der Waals surface area contributed by atoms with Crippen LogP contribution in [-0.2, 0) is 0 Å². The molecule has 0 aliphatic carbocycles. The van der Waals surface area contributed by atoms with E-state index in [2.05, 4.69) is 39.0 Å². The Morgan fingerprint density at radius 3 is 2.82 bits per heavy atom. The van der Waals surface area contributed by atoms with Crippen LogP contribution in [0, 0.1) is 5.41 Å². The van der Waals surface area contributed by atoms with E-state index in [-0.39, 0.29) is 10.8 Å². The predicted octanol–water partition coefficient (Wildman–Crippen LogP) is 4.60. The van der Waals surface area contributed by atoms with Gasteiger partial charge >= 0.3 is 0 Å². The minimum atomic E-state index is 0.238. The van der Waals surface area contributed by atoms with Crippen molar-refractivity contribution in [3.05, 3.63) is 29.8 Å². The van der Waals surface area contributed by atoms with Crippen LogP contribution in [0.5, 0.6) is 5.75 Å².